The molecular weight excluding hydrogens is 68.0 g/mol. The van der Waals surface area contributed by atoms with Gasteiger partial charge in [-0.15, -0.1) is 0 Å². The number of hydrogen-bond acceptors (Lipinski definition) is 3. The lowest BCUT2D eigenvalue weighted by Crippen LogP contribution is -2.22. The highest BCUT2D eigenvalue weighted by Crippen LogP contribution is 1.60. The molecular formula is C2H7N2O-. The topological polar surface area (TPSA) is 52.3 Å². The van der Waals surface area contributed by atoms with Crippen molar-refractivity contribution in [3.05, 3.63) is 5.21 Å². The predicted molar refractivity (Wildman–Crippen MR) is 19.9 cm³/mol. The Morgan fingerprint density at radius 2 is 2.20 bits per heavy atom. The van der Waals surface area contributed by atoms with Gasteiger partial charge in [-0.3, -0.25) is 5.84 Å². The summed E-state index contributed by atoms with van der Waals surface area (Å²) in [6, 6.07) is 0. The SMILES string of the molecule is CCN(N)[O-]. The molecule has 2 N–H and O–H groups in total. The van der Waals surface area contributed by atoms with E-state index in [2.05, 4.69) is 5.84 Å². The second-order valence-electron chi connectivity index (χ2n) is 0.733. The van der Waals surface area contributed by atoms with E-state index in [1.165, 1.54) is 0 Å². The Hall–Kier alpha value is -0.120. The Labute approximate surface area is 30.9 Å². The summed E-state index contributed by atoms with van der Waals surface area (Å²) in [6.07, 6.45) is 0. The quantitative estimate of drug-likeness (QED) is 0.343. The predicted octanol–water partition coefficient (Wildman–Crippen LogP) is -0.320. The average molecular weight is 75.1 g/mol. The second-order valence-corrected chi connectivity index (χ2v) is 0.733. The first-order valence-electron chi connectivity index (χ1n) is 1.46. The Kier molecular flexibility index (Phi) is 2.09. The van der Waals surface area contributed by atoms with Crippen molar-refractivity contribution in [2.24, 2.45) is 5.84 Å². The summed E-state index contributed by atoms with van der Waals surface area (Å²) in [7, 11) is 0. The lowest BCUT2D eigenvalue weighted by Gasteiger charge is -2.16. The summed E-state index contributed by atoms with van der Waals surface area (Å²) in [4.78, 5) is 0. The zero-order valence-corrected chi connectivity index (χ0v) is 3.14. The molecule has 0 aromatic carbocycles. The van der Waals surface area contributed by atoms with Crippen LogP contribution in [0.25, 0.3) is 0 Å². The number of nitrogens with two attached hydrogens (primary N) is 1. The van der Waals surface area contributed by atoms with Crippen molar-refractivity contribution in [1.82, 2.24) is 5.17 Å². The molecule has 0 saturated heterocycles. The molecule has 0 aliphatic rings. The molecule has 0 fully saturated rings. The van der Waals surface area contributed by atoms with Crippen molar-refractivity contribution in [1.29, 1.82) is 0 Å². The van der Waals surface area contributed by atoms with Crippen LogP contribution in [0.1, 0.15) is 6.92 Å². The van der Waals surface area contributed by atoms with Crippen molar-refractivity contribution in [3.8, 4) is 0 Å². The van der Waals surface area contributed by atoms with E-state index in [9.17, 15) is 5.21 Å². The number of hydrogen-bond donors (Lipinski definition) is 1. The first-order chi connectivity index (χ1) is 2.27. The molecule has 5 heavy (non-hydrogen) atoms. The lowest BCUT2D eigenvalue weighted by atomic mass is 10.8. The Morgan fingerprint density at radius 1 is 2.00 bits per heavy atom. The minimum atomic E-state index is 0.361. The highest BCUT2D eigenvalue weighted by atomic mass is 16.5. The number of rotatable bonds is 1. The molecule has 0 bridgehead atoms. The molecule has 3 heteroatoms. The van der Waals surface area contributed by atoms with E-state index in [0.717, 1.165) is 0 Å². The van der Waals surface area contributed by atoms with Crippen LogP contribution in [-0.2, 0) is 0 Å². The highest BCUT2D eigenvalue weighted by Gasteiger charge is 1.61. The van der Waals surface area contributed by atoms with E-state index >= 15 is 0 Å². The number of hydrazine groups is 1. The summed E-state index contributed by atoms with van der Waals surface area (Å²) < 4.78 is 0. The molecule has 0 saturated carbocycles. The van der Waals surface area contributed by atoms with Gasteiger partial charge in [0.15, 0.2) is 0 Å². The molecule has 0 unspecified atom stereocenters. The molecule has 32 valence electrons. The molecule has 0 aromatic rings. The maximum Gasteiger partial charge on any atom is -0.00363 e. The molecule has 0 heterocycles. The van der Waals surface area contributed by atoms with Gasteiger partial charge in [0.05, 0.1) is 0 Å². The first-order valence-corrected chi connectivity index (χ1v) is 1.46. The fourth-order valence-electron chi connectivity index (χ4n) is 0. The maximum atomic E-state index is 9.51. The van der Waals surface area contributed by atoms with E-state index in [4.69, 9.17) is 0 Å². The van der Waals surface area contributed by atoms with Crippen molar-refractivity contribution >= 4 is 0 Å². The Morgan fingerprint density at radius 3 is 2.20 bits per heavy atom. The molecule has 0 spiro atoms. The molecule has 0 aromatic heterocycles. The third kappa shape index (κ3) is 3.88. The Balaban J connectivity index is 2.54. The third-order valence-electron chi connectivity index (χ3n) is 0.312. The largest absolute Gasteiger partial charge is 0.772 e. The fraction of sp³-hybridized carbons (Fsp3) is 1.00. The molecule has 3 nitrogen and oxygen atoms in total. The van der Waals surface area contributed by atoms with Gasteiger partial charge in [0.1, 0.15) is 0 Å². The Bertz CT molecular complexity index is 21.6. The van der Waals surface area contributed by atoms with Gasteiger partial charge in [0.2, 0.25) is 0 Å². The normalized spacial score (nSPS) is 9.60. The van der Waals surface area contributed by atoms with E-state index in [1.807, 2.05) is 0 Å². The molecule has 0 atom stereocenters. The zero-order chi connectivity index (χ0) is 4.28. The van der Waals surface area contributed by atoms with E-state index in [1.54, 1.807) is 6.92 Å². The van der Waals surface area contributed by atoms with Gasteiger partial charge in [-0.05, 0) is 6.54 Å². The van der Waals surface area contributed by atoms with Gasteiger partial charge in [-0.2, -0.15) is 0 Å². The van der Waals surface area contributed by atoms with Gasteiger partial charge in [0.25, 0.3) is 0 Å². The second kappa shape index (κ2) is 2.14. The van der Waals surface area contributed by atoms with Gasteiger partial charge in [-0.25, -0.2) is 0 Å². The third-order valence-corrected chi connectivity index (χ3v) is 0.312. The first kappa shape index (κ1) is 4.88. The maximum absolute atomic E-state index is 9.51. The molecule has 0 aliphatic heterocycles. The van der Waals surface area contributed by atoms with Gasteiger partial charge >= 0.3 is 0 Å². The zero-order valence-electron chi connectivity index (χ0n) is 3.14. The smallest absolute Gasteiger partial charge is 0.00363 e. The number of nitrogens with zero attached hydrogens (tertiary/aromatic N) is 1. The van der Waals surface area contributed by atoms with Crippen molar-refractivity contribution in [2.45, 2.75) is 6.92 Å². The standard InChI is InChI=1S/C2H7N2O/c1-2-4(3)5/h2-3H2,1H3/q-1. The highest BCUT2D eigenvalue weighted by molar-refractivity contribution is 4.33. The molecule has 0 radical (unpaired) electrons. The van der Waals surface area contributed by atoms with Crippen LogP contribution in [0.2, 0.25) is 0 Å². The van der Waals surface area contributed by atoms with Crippen LogP contribution in [0.4, 0.5) is 0 Å². The minimum Gasteiger partial charge on any atom is -0.772 e. The molecule has 0 rings (SSSR count). The summed E-state index contributed by atoms with van der Waals surface area (Å²) >= 11 is 0. The van der Waals surface area contributed by atoms with E-state index in [-0.39, 0.29) is 0 Å². The van der Waals surface area contributed by atoms with Crippen LogP contribution in [0.15, 0.2) is 0 Å². The van der Waals surface area contributed by atoms with Crippen LogP contribution in [0.5, 0.6) is 0 Å². The summed E-state index contributed by atoms with van der Waals surface area (Å²) in [5.74, 6) is 4.57. The fourth-order valence-corrected chi connectivity index (χ4v) is 0. The monoisotopic (exact) mass is 75.1 g/mol. The molecule has 0 aliphatic carbocycles. The van der Waals surface area contributed by atoms with Crippen LogP contribution in [0, 0.1) is 5.21 Å². The lowest BCUT2D eigenvalue weighted by molar-refractivity contribution is 0.419. The van der Waals surface area contributed by atoms with Crippen molar-refractivity contribution in [2.75, 3.05) is 6.54 Å². The van der Waals surface area contributed by atoms with Gasteiger partial charge in [-0.1, -0.05) is 6.92 Å². The average Bonchev–Trinajstić information content (AvgIpc) is 1.38. The molecule has 0 amide bonds. The van der Waals surface area contributed by atoms with Crippen LogP contribution in [0.3, 0.4) is 0 Å². The van der Waals surface area contributed by atoms with Crippen LogP contribution in [-0.4, -0.2) is 11.7 Å². The van der Waals surface area contributed by atoms with Crippen molar-refractivity contribution < 1.29 is 0 Å². The van der Waals surface area contributed by atoms with Gasteiger partial charge < -0.3 is 10.4 Å². The van der Waals surface area contributed by atoms with Crippen molar-refractivity contribution in [3.63, 3.8) is 0 Å². The van der Waals surface area contributed by atoms with Crippen LogP contribution < -0.4 is 5.84 Å². The summed E-state index contributed by atoms with van der Waals surface area (Å²) in [6.45, 7) is 2.05. The van der Waals surface area contributed by atoms with E-state index < -0.39 is 0 Å². The van der Waals surface area contributed by atoms with E-state index in [0.29, 0.717) is 11.7 Å². The minimum absolute atomic E-state index is 0.361. The van der Waals surface area contributed by atoms with Crippen LogP contribution >= 0.6 is 0 Å². The van der Waals surface area contributed by atoms with Gasteiger partial charge in [0, 0.05) is 0 Å². The number of hydroxylamine groups is 1. The summed E-state index contributed by atoms with van der Waals surface area (Å²) in [5, 5.41) is 9.88. The summed E-state index contributed by atoms with van der Waals surface area (Å²) in [5.41, 5.74) is 0.